The molecular weight excluding hydrogens is 164 g/mol. The smallest absolute Gasteiger partial charge is 0.115 e. The largest absolute Gasteiger partial charge is 0.508 e. The van der Waals surface area contributed by atoms with Gasteiger partial charge in [0.25, 0.3) is 0 Å². The lowest BCUT2D eigenvalue weighted by atomic mass is 10.1. The van der Waals surface area contributed by atoms with Crippen molar-refractivity contribution in [2.24, 2.45) is 0 Å². The van der Waals surface area contributed by atoms with E-state index in [9.17, 15) is 0 Å². The van der Waals surface area contributed by atoms with Gasteiger partial charge in [-0.2, -0.15) is 0 Å². The molecule has 0 aliphatic carbocycles. The van der Waals surface area contributed by atoms with Gasteiger partial charge in [0.05, 0.1) is 0 Å². The fraction of sp³-hybridized carbons (Fsp3) is 0. The van der Waals surface area contributed by atoms with Crippen molar-refractivity contribution in [3.05, 3.63) is 36.5 Å². The summed E-state index contributed by atoms with van der Waals surface area (Å²) < 4.78 is 0. The summed E-state index contributed by atoms with van der Waals surface area (Å²) >= 11 is 0. The highest BCUT2D eigenvalue weighted by Gasteiger charge is 2.01. The van der Waals surface area contributed by atoms with Crippen molar-refractivity contribution in [2.45, 2.75) is 0 Å². The molecule has 3 nitrogen and oxygen atoms in total. The Balaban J connectivity index is 2.47. The van der Waals surface area contributed by atoms with Gasteiger partial charge in [0.2, 0.25) is 0 Å². The molecule has 0 saturated carbocycles. The van der Waals surface area contributed by atoms with Crippen molar-refractivity contribution in [3.8, 4) is 16.9 Å². The highest BCUT2D eigenvalue weighted by molar-refractivity contribution is 5.74. The van der Waals surface area contributed by atoms with Crippen LogP contribution >= 0.6 is 0 Å². The van der Waals surface area contributed by atoms with Crippen molar-refractivity contribution in [1.29, 1.82) is 0 Å². The average Bonchev–Trinajstić information content (AvgIpc) is 2.53. The number of phenolic OH excluding ortho intramolecular Hbond substituents is 1. The van der Waals surface area contributed by atoms with Crippen LogP contribution in [0, 0.1) is 0 Å². The maximum absolute atomic E-state index is 9.08. The number of aromatic nitrogens is 1. The molecule has 0 bridgehead atoms. The number of H-pyrrole nitrogens is 1. The molecule has 1 aromatic carbocycles. The fourth-order valence-corrected chi connectivity index (χ4v) is 1.28. The van der Waals surface area contributed by atoms with E-state index in [0.717, 1.165) is 11.1 Å². The molecule has 0 aliphatic rings. The Bertz CT molecular complexity index is 403. The van der Waals surface area contributed by atoms with Crippen LogP contribution in [-0.4, -0.2) is 10.1 Å². The number of anilines is 1. The summed E-state index contributed by atoms with van der Waals surface area (Å²) in [5, 5.41) is 9.08. The van der Waals surface area contributed by atoms with E-state index in [1.807, 2.05) is 18.2 Å². The fourth-order valence-electron chi connectivity index (χ4n) is 1.28. The predicted molar refractivity (Wildman–Crippen MR) is 52.3 cm³/mol. The molecule has 0 atom stereocenters. The monoisotopic (exact) mass is 174 g/mol. The quantitative estimate of drug-likeness (QED) is 0.619. The van der Waals surface area contributed by atoms with Gasteiger partial charge < -0.3 is 15.8 Å². The minimum absolute atomic E-state index is 0.262. The van der Waals surface area contributed by atoms with Gasteiger partial charge in [-0.3, -0.25) is 0 Å². The third-order valence-electron chi connectivity index (χ3n) is 1.96. The zero-order valence-corrected chi connectivity index (χ0v) is 6.99. The van der Waals surface area contributed by atoms with Crippen LogP contribution in [0.15, 0.2) is 36.5 Å². The molecule has 1 heterocycles. The molecule has 66 valence electrons. The third-order valence-corrected chi connectivity index (χ3v) is 1.96. The Kier molecular flexibility index (Phi) is 1.70. The first kappa shape index (κ1) is 7.73. The van der Waals surface area contributed by atoms with Gasteiger partial charge in [-0.05, 0) is 23.8 Å². The summed E-state index contributed by atoms with van der Waals surface area (Å²) in [6, 6.07) is 8.84. The van der Waals surface area contributed by atoms with E-state index in [-0.39, 0.29) is 5.75 Å². The third kappa shape index (κ3) is 1.36. The molecule has 0 unspecified atom stereocenters. The van der Waals surface area contributed by atoms with Gasteiger partial charge in [0.15, 0.2) is 0 Å². The number of nitrogens with two attached hydrogens (primary N) is 1. The molecule has 0 saturated heterocycles. The van der Waals surface area contributed by atoms with Gasteiger partial charge >= 0.3 is 0 Å². The molecule has 1 aromatic heterocycles. The first-order valence-corrected chi connectivity index (χ1v) is 3.99. The zero-order chi connectivity index (χ0) is 9.26. The number of phenols is 1. The van der Waals surface area contributed by atoms with Crippen LogP contribution in [0.1, 0.15) is 0 Å². The SMILES string of the molecule is Nc1[nH]ccc1-c1ccc(O)cc1. The lowest BCUT2D eigenvalue weighted by Gasteiger charge is -1.99. The summed E-state index contributed by atoms with van der Waals surface area (Å²) in [5.74, 6) is 0.906. The first-order chi connectivity index (χ1) is 6.27. The second-order valence-corrected chi connectivity index (χ2v) is 2.85. The molecule has 0 aliphatic heterocycles. The van der Waals surface area contributed by atoms with Crippen molar-refractivity contribution in [2.75, 3.05) is 5.73 Å². The highest BCUT2D eigenvalue weighted by atomic mass is 16.3. The number of aromatic amines is 1. The van der Waals surface area contributed by atoms with E-state index in [2.05, 4.69) is 4.98 Å². The summed E-state index contributed by atoms with van der Waals surface area (Å²) in [4.78, 5) is 2.90. The molecule has 3 heteroatoms. The highest BCUT2D eigenvalue weighted by Crippen LogP contribution is 2.25. The predicted octanol–water partition coefficient (Wildman–Crippen LogP) is 1.97. The maximum atomic E-state index is 9.08. The summed E-state index contributed by atoms with van der Waals surface area (Å²) in [6.07, 6.45) is 1.79. The van der Waals surface area contributed by atoms with Crippen molar-refractivity contribution < 1.29 is 5.11 Å². The standard InChI is InChI=1S/C10H10N2O/c11-10-9(5-6-12-10)7-1-3-8(13)4-2-7/h1-6,12-13H,11H2. The molecule has 0 spiro atoms. The van der Waals surface area contributed by atoms with Crippen LogP contribution in [-0.2, 0) is 0 Å². The number of hydrogen-bond donors (Lipinski definition) is 3. The van der Waals surface area contributed by atoms with Crippen LogP contribution in [0.25, 0.3) is 11.1 Å². The van der Waals surface area contributed by atoms with Gasteiger partial charge in [-0.15, -0.1) is 0 Å². The number of nitrogens with one attached hydrogen (secondary N) is 1. The van der Waals surface area contributed by atoms with Crippen LogP contribution < -0.4 is 5.73 Å². The summed E-state index contributed by atoms with van der Waals surface area (Å²) in [5.41, 5.74) is 7.65. The molecule has 0 fully saturated rings. The number of nitrogen functional groups attached to an aromatic ring is 1. The normalized spacial score (nSPS) is 10.2. The molecule has 0 amide bonds. The maximum Gasteiger partial charge on any atom is 0.115 e. The zero-order valence-electron chi connectivity index (χ0n) is 6.99. The molecule has 0 radical (unpaired) electrons. The van der Waals surface area contributed by atoms with Crippen molar-refractivity contribution in [3.63, 3.8) is 0 Å². The van der Waals surface area contributed by atoms with E-state index in [4.69, 9.17) is 10.8 Å². The van der Waals surface area contributed by atoms with Gasteiger partial charge in [-0.1, -0.05) is 12.1 Å². The van der Waals surface area contributed by atoms with Crippen LogP contribution in [0.5, 0.6) is 5.75 Å². The Labute approximate surface area is 75.8 Å². The van der Waals surface area contributed by atoms with E-state index in [1.54, 1.807) is 18.3 Å². The first-order valence-electron chi connectivity index (χ1n) is 3.99. The lowest BCUT2D eigenvalue weighted by Crippen LogP contribution is -1.86. The second-order valence-electron chi connectivity index (χ2n) is 2.85. The number of rotatable bonds is 1. The van der Waals surface area contributed by atoms with Crippen molar-refractivity contribution in [1.82, 2.24) is 4.98 Å². The Hall–Kier alpha value is -1.90. The Morgan fingerprint density at radius 3 is 2.31 bits per heavy atom. The summed E-state index contributed by atoms with van der Waals surface area (Å²) in [7, 11) is 0. The minimum atomic E-state index is 0.262. The van der Waals surface area contributed by atoms with E-state index < -0.39 is 0 Å². The molecule has 2 rings (SSSR count). The molecule has 2 aromatic rings. The van der Waals surface area contributed by atoms with Gasteiger partial charge in [0, 0.05) is 11.8 Å². The van der Waals surface area contributed by atoms with Crippen LogP contribution in [0.2, 0.25) is 0 Å². The van der Waals surface area contributed by atoms with Crippen molar-refractivity contribution >= 4 is 5.82 Å². The average molecular weight is 174 g/mol. The van der Waals surface area contributed by atoms with Crippen LogP contribution in [0.3, 0.4) is 0 Å². The number of benzene rings is 1. The van der Waals surface area contributed by atoms with Gasteiger partial charge in [-0.25, -0.2) is 0 Å². The van der Waals surface area contributed by atoms with E-state index in [0.29, 0.717) is 5.82 Å². The summed E-state index contributed by atoms with van der Waals surface area (Å²) in [6.45, 7) is 0. The van der Waals surface area contributed by atoms with E-state index >= 15 is 0 Å². The molecule has 13 heavy (non-hydrogen) atoms. The van der Waals surface area contributed by atoms with Crippen LogP contribution in [0.4, 0.5) is 5.82 Å². The second kappa shape index (κ2) is 2.86. The number of hydrogen-bond acceptors (Lipinski definition) is 2. The molecule has 4 N–H and O–H groups in total. The Morgan fingerprint density at radius 2 is 1.77 bits per heavy atom. The minimum Gasteiger partial charge on any atom is -0.508 e. The Morgan fingerprint density at radius 1 is 1.08 bits per heavy atom. The number of aromatic hydroxyl groups is 1. The topological polar surface area (TPSA) is 62.0 Å². The van der Waals surface area contributed by atoms with Gasteiger partial charge in [0.1, 0.15) is 11.6 Å². The molecular formula is C10H10N2O. The lowest BCUT2D eigenvalue weighted by molar-refractivity contribution is 0.475. The van der Waals surface area contributed by atoms with E-state index in [1.165, 1.54) is 0 Å².